The number of hydrogen-bond acceptors (Lipinski definition) is 17. The van der Waals surface area contributed by atoms with Crippen molar-refractivity contribution in [3.05, 3.63) is 150 Å². The van der Waals surface area contributed by atoms with Crippen LogP contribution in [0.4, 0.5) is 0 Å². The van der Waals surface area contributed by atoms with E-state index in [1.165, 1.54) is 30.8 Å². The molecule has 0 saturated carbocycles. The van der Waals surface area contributed by atoms with Crippen LogP contribution in [0.2, 0.25) is 0 Å². The van der Waals surface area contributed by atoms with Crippen LogP contribution in [0.5, 0.6) is 11.5 Å². The first-order chi connectivity index (χ1) is 33.7. The average Bonchev–Trinajstić information content (AvgIpc) is 3.93. The van der Waals surface area contributed by atoms with Crippen LogP contribution in [-0.4, -0.2) is 93.7 Å². The molecule has 7 atom stereocenters. The summed E-state index contributed by atoms with van der Waals surface area (Å²) < 4.78 is 69.5. The number of thioether (sulfide) groups is 1. The van der Waals surface area contributed by atoms with E-state index in [0.717, 1.165) is 16.3 Å². The molecule has 0 spiro atoms. The van der Waals surface area contributed by atoms with E-state index in [2.05, 4.69) is 9.97 Å². The van der Waals surface area contributed by atoms with Crippen LogP contribution in [0.3, 0.4) is 0 Å². The van der Waals surface area contributed by atoms with E-state index in [1.807, 2.05) is 54.6 Å². The molecule has 4 heterocycles. The molecule has 0 amide bonds. The third kappa shape index (κ3) is 12.4. The largest absolute Gasteiger partial charge is 0.497 e. The Morgan fingerprint density at radius 2 is 1.35 bits per heavy atom. The van der Waals surface area contributed by atoms with Gasteiger partial charge in [-0.3, -0.25) is 37.5 Å². The van der Waals surface area contributed by atoms with Crippen molar-refractivity contribution in [2.45, 2.75) is 102 Å². The Morgan fingerprint density at radius 1 is 0.803 bits per heavy atom. The number of rotatable bonds is 19. The predicted molar refractivity (Wildman–Crippen MR) is 257 cm³/mol. The van der Waals surface area contributed by atoms with E-state index in [1.54, 1.807) is 66.2 Å². The summed E-state index contributed by atoms with van der Waals surface area (Å²) in [6.45, 7) is 8.65. The normalized spacial score (nSPS) is 21.1. The maximum atomic E-state index is 14.1. The Labute approximate surface area is 413 Å². The van der Waals surface area contributed by atoms with Crippen LogP contribution < -0.4 is 26.4 Å². The monoisotopic (exact) mass is 1020 g/mol. The standard InChI is InChI=1S/C49H57N4O16PS/c1-29-24-52(46(57)50-43(29)55)41-22-37(66-31(3)54)40(68-41)27-65-70(59,60)69-38-23-42(53-25-30(2)44(51-47(53)58)71-28-63-45(56)48(4,5)6)67-39(38)26-64-49(32-12-10-9-11-13-32,33-14-18-35(61-7)19-15-33)34-16-20-36(62-8)21-17-34/h9-21,24-25,37-42H,22-23,26-28H2,1-8H3,(H,59,60)(H,50,55,57)/t37-,38-,39+,40+,41+,42+/m0/s1. The van der Waals surface area contributed by atoms with Crippen molar-refractivity contribution in [3.8, 4) is 11.5 Å². The number of nitrogens with zero attached hydrogens (tertiary/aromatic N) is 3. The second-order valence-corrected chi connectivity index (χ2v) is 20.3. The zero-order chi connectivity index (χ0) is 51.3. The van der Waals surface area contributed by atoms with E-state index >= 15 is 0 Å². The lowest BCUT2D eigenvalue weighted by atomic mass is 9.80. The molecular weight excluding hydrogens is 964 g/mol. The van der Waals surface area contributed by atoms with E-state index in [-0.39, 0.29) is 31.0 Å². The molecule has 0 radical (unpaired) electrons. The first kappa shape index (κ1) is 52.9. The van der Waals surface area contributed by atoms with Crippen LogP contribution in [0, 0.1) is 19.3 Å². The first-order valence-electron chi connectivity index (χ1n) is 22.6. The molecule has 2 fully saturated rings. The number of hydrogen-bond donors (Lipinski definition) is 2. The Balaban J connectivity index is 1.20. The summed E-state index contributed by atoms with van der Waals surface area (Å²) in [5, 5.41) is 0.322. The third-order valence-electron chi connectivity index (χ3n) is 11.8. The number of phosphoric ester groups is 1. The molecule has 20 nitrogen and oxygen atoms in total. The molecule has 2 aliphatic rings. The van der Waals surface area contributed by atoms with Gasteiger partial charge >= 0.3 is 31.1 Å². The summed E-state index contributed by atoms with van der Waals surface area (Å²) in [7, 11) is -1.97. The fourth-order valence-corrected chi connectivity index (χ4v) is 9.86. The van der Waals surface area contributed by atoms with Crippen LogP contribution in [-0.2, 0) is 52.5 Å². The van der Waals surface area contributed by atoms with Gasteiger partial charge in [-0.1, -0.05) is 66.4 Å². The third-order valence-corrected chi connectivity index (χ3v) is 13.8. The summed E-state index contributed by atoms with van der Waals surface area (Å²) in [4.78, 5) is 81.1. The molecule has 71 heavy (non-hydrogen) atoms. The minimum atomic E-state index is -5.09. The molecule has 0 aliphatic carbocycles. The van der Waals surface area contributed by atoms with Crippen LogP contribution in [0.25, 0.3) is 0 Å². The van der Waals surface area contributed by atoms with Gasteiger partial charge in [-0.15, -0.1) is 0 Å². The summed E-state index contributed by atoms with van der Waals surface area (Å²) in [5.74, 6) is 0.0160. The van der Waals surface area contributed by atoms with Crippen LogP contribution >= 0.6 is 19.6 Å². The highest BCUT2D eigenvalue weighted by atomic mass is 32.2. The number of benzene rings is 3. The second kappa shape index (κ2) is 22.3. The highest BCUT2D eigenvalue weighted by Gasteiger charge is 2.47. The van der Waals surface area contributed by atoms with Gasteiger partial charge in [0.2, 0.25) is 0 Å². The van der Waals surface area contributed by atoms with Gasteiger partial charge in [0.15, 0.2) is 0 Å². The molecular formula is C49H57N4O16PS. The summed E-state index contributed by atoms with van der Waals surface area (Å²) in [5.41, 5.74) is -1.31. The number of aryl methyl sites for hydroxylation is 2. The number of phosphoric acid groups is 1. The van der Waals surface area contributed by atoms with Crippen molar-refractivity contribution >= 4 is 31.5 Å². The minimum absolute atomic E-state index is 0.0553. The quantitative estimate of drug-likeness (QED) is 0.0238. The fraction of sp³-hybridized carbons (Fsp3) is 0.429. The van der Waals surface area contributed by atoms with E-state index < -0.39 is 91.2 Å². The predicted octanol–water partition coefficient (Wildman–Crippen LogP) is 6.08. The Bertz CT molecular complexity index is 2860. The number of aromatic amines is 1. The van der Waals surface area contributed by atoms with Gasteiger partial charge in [-0.25, -0.2) is 14.2 Å². The second-order valence-electron chi connectivity index (χ2n) is 17.9. The van der Waals surface area contributed by atoms with Gasteiger partial charge in [0.25, 0.3) is 5.56 Å². The van der Waals surface area contributed by atoms with Crippen LogP contribution in [0.15, 0.2) is 111 Å². The minimum Gasteiger partial charge on any atom is -0.497 e. The van der Waals surface area contributed by atoms with Gasteiger partial charge in [0, 0.05) is 37.7 Å². The molecule has 0 bridgehead atoms. The SMILES string of the molecule is COc1ccc(C(OC[C@H]2O[C@@H](n3cc(C)c(SCOC(=O)C(C)(C)C)nc3=O)C[C@@H]2OP(=O)(O)OC[C@H]2O[C@@H](n3cc(C)c(=O)[nH]c3=O)C[C@@H]2OC(C)=O)(c2ccccc2)c2ccc(OC)cc2)cc1. The summed E-state index contributed by atoms with van der Waals surface area (Å²) >= 11 is 1.07. The molecule has 7 rings (SSSR count). The molecule has 2 aliphatic heterocycles. The van der Waals surface area contributed by atoms with Crippen molar-refractivity contribution in [2.24, 2.45) is 5.41 Å². The number of aromatic nitrogens is 4. The Hall–Kier alpha value is -5.90. The number of nitrogens with one attached hydrogen (secondary N) is 1. The Morgan fingerprint density at radius 3 is 1.93 bits per heavy atom. The van der Waals surface area contributed by atoms with Crippen molar-refractivity contribution in [2.75, 3.05) is 33.4 Å². The van der Waals surface area contributed by atoms with E-state index in [4.69, 9.17) is 42.2 Å². The number of H-pyrrole nitrogens is 1. The lowest BCUT2D eigenvalue weighted by Crippen LogP contribution is -2.38. The number of ether oxygens (including phenoxy) is 7. The number of carbonyl (C=O) groups excluding carboxylic acids is 2. The smallest absolute Gasteiger partial charge is 0.472 e. The highest BCUT2D eigenvalue weighted by molar-refractivity contribution is 7.99. The molecule has 2 saturated heterocycles. The van der Waals surface area contributed by atoms with Gasteiger partial charge in [-0.05, 0) is 81.1 Å². The van der Waals surface area contributed by atoms with Crippen LogP contribution in [0.1, 0.15) is 80.8 Å². The topological polar surface area (TPSA) is 244 Å². The first-order valence-corrected chi connectivity index (χ1v) is 25.0. The molecule has 5 aromatic rings. The Kier molecular flexibility index (Phi) is 16.6. The molecule has 1 unspecified atom stereocenters. The van der Waals surface area contributed by atoms with Gasteiger partial charge in [0.1, 0.15) is 64.9 Å². The highest BCUT2D eigenvalue weighted by Crippen LogP contribution is 2.50. The zero-order valence-corrected chi connectivity index (χ0v) is 42.1. The van der Waals surface area contributed by atoms with Gasteiger partial charge in [-0.2, -0.15) is 4.98 Å². The van der Waals surface area contributed by atoms with Gasteiger partial charge in [0.05, 0.1) is 32.8 Å². The molecule has 380 valence electrons. The maximum absolute atomic E-state index is 14.1. The van der Waals surface area contributed by atoms with Crippen molar-refractivity contribution in [1.82, 2.24) is 19.1 Å². The zero-order valence-electron chi connectivity index (χ0n) is 40.4. The average molecular weight is 1020 g/mol. The number of esters is 2. The maximum Gasteiger partial charge on any atom is 0.472 e. The van der Waals surface area contributed by atoms with Crippen molar-refractivity contribution in [1.29, 1.82) is 0 Å². The van der Waals surface area contributed by atoms with Crippen molar-refractivity contribution < 1.29 is 61.3 Å². The van der Waals surface area contributed by atoms with Crippen molar-refractivity contribution in [3.63, 3.8) is 0 Å². The fourth-order valence-electron chi connectivity index (χ4n) is 8.20. The van der Waals surface area contributed by atoms with Gasteiger partial charge < -0.3 is 38.1 Å². The lowest BCUT2D eigenvalue weighted by molar-refractivity contribution is -0.151. The van der Waals surface area contributed by atoms with E-state index in [0.29, 0.717) is 38.8 Å². The lowest BCUT2D eigenvalue weighted by Gasteiger charge is -2.37. The number of methoxy groups -OCH3 is 2. The van der Waals surface area contributed by atoms with E-state index in [9.17, 15) is 33.4 Å². The number of carbonyl (C=O) groups is 2. The summed E-state index contributed by atoms with van der Waals surface area (Å²) in [6.07, 6.45) is -4.18. The molecule has 22 heteroatoms. The molecule has 2 N–H and O–H groups in total. The molecule has 2 aromatic heterocycles. The molecule has 3 aromatic carbocycles. The summed E-state index contributed by atoms with van der Waals surface area (Å²) in [6, 6.07) is 24.1.